The van der Waals surface area contributed by atoms with Gasteiger partial charge in [0.05, 0.1) is 0 Å². The Morgan fingerprint density at radius 2 is 2.25 bits per heavy atom. The summed E-state index contributed by atoms with van der Waals surface area (Å²) in [6.45, 7) is 2.16. The Kier molecular flexibility index (Phi) is 2.70. The molecule has 0 heterocycles. The van der Waals surface area contributed by atoms with Gasteiger partial charge in [0, 0.05) is 21.2 Å². The van der Waals surface area contributed by atoms with Crippen LogP contribution < -0.4 is 5.32 Å². The molecular formula is C14H16IN. The number of nitrogens with one attached hydrogen (secondary N) is 1. The summed E-state index contributed by atoms with van der Waals surface area (Å²) >= 11 is 2.40. The molecule has 3 unspecified atom stereocenters. The van der Waals surface area contributed by atoms with Gasteiger partial charge in [-0.25, -0.2) is 0 Å². The molecule has 0 saturated heterocycles. The Morgan fingerprint density at radius 1 is 1.38 bits per heavy atom. The average Bonchev–Trinajstić information content (AvgIpc) is 2.61. The molecule has 1 fully saturated rings. The van der Waals surface area contributed by atoms with Crippen LogP contribution in [0.4, 0.5) is 5.69 Å². The van der Waals surface area contributed by atoms with Gasteiger partial charge in [-0.3, -0.25) is 0 Å². The number of rotatable bonds is 2. The van der Waals surface area contributed by atoms with Gasteiger partial charge in [0.1, 0.15) is 0 Å². The third kappa shape index (κ3) is 1.77. The molecule has 2 aliphatic rings. The minimum Gasteiger partial charge on any atom is -0.382 e. The fourth-order valence-corrected chi connectivity index (χ4v) is 3.30. The van der Waals surface area contributed by atoms with E-state index in [0.717, 1.165) is 11.8 Å². The summed E-state index contributed by atoms with van der Waals surface area (Å²) in [6.07, 6.45) is 7.37. The molecule has 2 heteroatoms. The van der Waals surface area contributed by atoms with Crippen molar-refractivity contribution in [2.75, 3.05) is 5.32 Å². The van der Waals surface area contributed by atoms with Crippen molar-refractivity contribution in [3.63, 3.8) is 0 Å². The fourth-order valence-electron chi connectivity index (χ4n) is 2.78. The summed E-state index contributed by atoms with van der Waals surface area (Å²) in [5.74, 6) is 1.72. The molecular weight excluding hydrogens is 309 g/mol. The molecule has 0 bridgehead atoms. The smallest absolute Gasteiger partial charge is 0.0353 e. The number of hydrogen-bond donors (Lipinski definition) is 1. The van der Waals surface area contributed by atoms with Crippen LogP contribution in [0.5, 0.6) is 0 Å². The topological polar surface area (TPSA) is 12.0 Å². The van der Waals surface area contributed by atoms with Crippen LogP contribution in [0.2, 0.25) is 0 Å². The Hall–Kier alpha value is -0.510. The third-order valence-corrected chi connectivity index (χ3v) is 5.05. The number of anilines is 1. The van der Waals surface area contributed by atoms with E-state index in [9.17, 15) is 0 Å². The van der Waals surface area contributed by atoms with Gasteiger partial charge in [-0.1, -0.05) is 18.2 Å². The number of fused-ring (bicyclic) bond motifs is 1. The van der Waals surface area contributed by atoms with E-state index < -0.39 is 0 Å². The highest BCUT2D eigenvalue weighted by atomic mass is 127. The van der Waals surface area contributed by atoms with Crippen molar-refractivity contribution in [1.29, 1.82) is 0 Å². The molecule has 0 amide bonds. The van der Waals surface area contributed by atoms with Crippen LogP contribution in [0.15, 0.2) is 30.4 Å². The fraction of sp³-hybridized carbons (Fsp3) is 0.429. The SMILES string of the molecule is Cc1ccc(NC2CC3CC=CC32)cc1I. The molecule has 1 aromatic carbocycles. The summed E-state index contributed by atoms with van der Waals surface area (Å²) in [5, 5.41) is 3.66. The van der Waals surface area contributed by atoms with E-state index in [4.69, 9.17) is 0 Å². The molecule has 0 radical (unpaired) electrons. The second-order valence-electron chi connectivity index (χ2n) is 4.95. The highest BCUT2D eigenvalue weighted by Gasteiger charge is 2.40. The van der Waals surface area contributed by atoms with Gasteiger partial charge in [-0.05, 0) is 66.0 Å². The number of allylic oxidation sites excluding steroid dienone is 1. The molecule has 0 aliphatic heterocycles. The molecule has 16 heavy (non-hydrogen) atoms. The standard InChI is InChI=1S/C14H16IN/c1-9-5-6-11(8-13(9)15)16-14-7-10-3-2-4-12(10)14/h2,4-6,8,10,12,14,16H,3,7H2,1H3. The van der Waals surface area contributed by atoms with Gasteiger partial charge >= 0.3 is 0 Å². The second kappa shape index (κ2) is 4.06. The Labute approximate surface area is 110 Å². The maximum absolute atomic E-state index is 3.66. The molecule has 1 saturated carbocycles. The average molecular weight is 325 g/mol. The van der Waals surface area contributed by atoms with Gasteiger partial charge in [-0.2, -0.15) is 0 Å². The molecule has 1 N–H and O–H groups in total. The number of aryl methyl sites for hydroxylation is 1. The predicted molar refractivity (Wildman–Crippen MR) is 76.7 cm³/mol. The Bertz CT molecular complexity index is 438. The van der Waals surface area contributed by atoms with Crippen LogP contribution in [0.25, 0.3) is 0 Å². The van der Waals surface area contributed by atoms with Gasteiger partial charge in [0.2, 0.25) is 0 Å². The van der Waals surface area contributed by atoms with E-state index in [1.54, 1.807) is 0 Å². The quantitative estimate of drug-likeness (QED) is 0.641. The first-order valence-electron chi connectivity index (χ1n) is 5.93. The summed E-state index contributed by atoms with van der Waals surface area (Å²) in [7, 11) is 0. The normalized spacial score (nSPS) is 31.0. The van der Waals surface area contributed by atoms with Crippen molar-refractivity contribution in [3.8, 4) is 0 Å². The van der Waals surface area contributed by atoms with Crippen molar-refractivity contribution in [2.45, 2.75) is 25.8 Å². The number of halogens is 1. The molecule has 0 aromatic heterocycles. The van der Waals surface area contributed by atoms with Crippen LogP contribution in [0, 0.1) is 22.3 Å². The van der Waals surface area contributed by atoms with Gasteiger partial charge in [0.15, 0.2) is 0 Å². The monoisotopic (exact) mass is 325 g/mol. The van der Waals surface area contributed by atoms with E-state index in [0.29, 0.717) is 6.04 Å². The highest BCUT2D eigenvalue weighted by Crippen LogP contribution is 2.44. The van der Waals surface area contributed by atoms with E-state index >= 15 is 0 Å². The van der Waals surface area contributed by atoms with Crippen LogP contribution >= 0.6 is 22.6 Å². The van der Waals surface area contributed by atoms with Crippen molar-refractivity contribution >= 4 is 28.3 Å². The molecule has 1 nitrogen and oxygen atoms in total. The van der Waals surface area contributed by atoms with E-state index in [2.05, 4.69) is 65.2 Å². The Morgan fingerprint density at radius 3 is 3.00 bits per heavy atom. The molecule has 84 valence electrons. The molecule has 3 rings (SSSR count). The number of benzene rings is 1. The van der Waals surface area contributed by atoms with Crippen molar-refractivity contribution < 1.29 is 0 Å². The third-order valence-electron chi connectivity index (χ3n) is 3.89. The lowest BCUT2D eigenvalue weighted by molar-refractivity contribution is 0.218. The van der Waals surface area contributed by atoms with Crippen molar-refractivity contribution in [1.82, 2.24) is 0 Å². The maximum Gasteiger partial charge on any atom is 0.0353 e. The van der Waals surface area contributed by atoms with Crippen LogP contribution in [-0.4, -0.2) is 6.04 Å². The summed E-state index contributed by atoms with van der Waals surface area (Å²) < 4.78 is 1.35. The van der Waals surface area contributed by atoms with E-state index in [-0.39, 0.29) is 0 Å². The first-order chi connectivity index (χ1) is 7.74. The summed E-state index contributed by atoms with van der Waals surface area (Å²) in [4.78, 5) is 0. The van der Waals surface area contributed by atoms with Crippen LogP contribution in [0.1, 0.15) is 18.4 Å². The van der Waals surface area contributed by atoms with Gasteiger partial charge < -0.3 is 5.32 Å². The highest BCUT2D eigenvalue weighted by molar-refractivity contribution is 14.1. The Balaban J connectivity index is 1.70. The minimum atomic E-state index is 0.669. The zero-order valence-electron chi connectivity index (χ0n) is 9.41. The summed E-state index contributed by atoms with van der Waals surface area (Å²) in [6, 6.07) is 7.32. The van der Waals surface area contributed by atoms with E-state index in [1.165, 1.54) is 27.7 Å². The molecule has 2 aliphatic carbocycles. The number of hydrogen-bond acceptors (Lipinski definition) is 1. The van der Waals surface area contributed by atoms with Crippen LogP contribution in [-0.2, 0) is 0 Å². The van der Waals surface area contributed by atoms with Crippen molar-refractivity contribution in [2.24, 2.45) is 11.8 Å². The lowest BCUT2D eigenvalue weighted by Gasteiger charge is -2.41. The molecule has 3 atom stereocenters. The maximum atomic E-state index is 3.66. The first kappa shape index (κ1) is 10.6. The molecule has 0 spiro atoms. The lowest BCUT2D eigenvalue weighted by Crippen LogP contribution is -2.43. The van der Waals surface area contributed by atoms with Crippen LogP contribution in [0.3, 0.4) is 0 Å². The van der Waals surface area contributed by atoms with E-state index in [1.807, 2.05) is 0 Å². The zero-order chi connectivity index (χ0) is 11.1. The largest absolute Gasteiger partial charge is 0.382 e. The van der Waals surface area contributed by atoms with Gasteiger partial charge in [0.25, 0.3) is 0 Å². The summed E-state index contributed by atoms with van der Waals surface area (Å²) in [5.41, 5.74) is 2.64. The lowest BCUT2D eigenvalue weighted by atomic mass is 9.71. The zero-order valence-corrected chi connectivity index (χ0v) is 11.6. The first-order valence-corrected chi connectivity index (χ1v) is 7.01. The van der Waals surface area contributed by atoms with Gasteiger partial charge in [-0.15, -0.1) is 0 Å². The van der Waals surface area contributed by atoms with Crippen molar-refractivity contribution in [3.05, 3.63) is 39.5 Å². The minimum absolute atomic E-state index is 0.669. The predicted octanol–water partition coefficient (Wildman–Crippen LogP) is 3.98. The second-order valence-corrected chi connectivity index (χ2v) is 6.11. The molecule has 1 aromatic rings.